The number of aldehydes is 1. The highest BCUT2D eigenvalue weighted by atomic mass is 16.5. The molecule has 0 aromatic heterocycles. The first-order chi connectivity index (χ1) is 8.26. The van der Waals surface area contributed by atoms with Gasteiger partial charge in [-0.25, -0.2) is 0 Å². The van der Waals surface area contributed by atoms with Gasteiger partial charge in [-0.2, -0.15) is 0 Å². The fourth-order valence-corrected chi connectivity index (χ4v) is 1.85. The minimum absolute atomic E-state index is 0.646. The van der Waals surface area contributed by atoms with Crippen LogP contribution in [-0.4, -0.2) is 13.4 Å². The van der Waals surface area contributed by atoms with Gasteiger partial charge in [0, 0.05) is 11.1 Å². The van der Waals surface area contributed by atoms with Crippen molar-refractivity contribution < 1.29 is 9.53 Å². The van der Waals surface area contributed by atoms with Crippen LogP contribution in [-0.2, 0) is 0 Å². The third-order valence-electron chi connectivity index (χ3n) is 2.75. The summed E-state index contributed by atoms with van der Waals surface area (Å²) in [4.78, 5) is 11.1. The predicted molar refractivity (Wildman–Crippen MR) is 68.6 cm³/mol. The third kappa shape index (κ3) is 2.21. The summed E-state index contributed by atoms with van der Waals surface area (Å²) in [6.45, 7) is 2.03. The van der Waals surface area contributed by atoms with Crippen LogP contribution in [0.5, 0.6) is 5.75 Å². The molecule has 0 saturated carbocycles. The summed E-state index contributed by atoms with van der Waals surface area (Å²) in [5.74, 6) is 0.721. The van der Waals surface area contributed by atoms with Gasteiger partial charge in [0.1, 0.15) is 5.75 Å². The molecule has 0 aliphatic rings. The number of ether oxygens (including phenoxy) is 1. The van der Waals surface area contributed by atoms with E-state index in [0.717, 1.165) is 23.2 Å². The molecule has 0 atom stereocenters. The van der Waals surface area contributed by atoms with Crippen LogP contribution in [0.4, 0.5) is 0 Å². The quantitative estimate of drug-likeness (QED) is 0.749. The van der Waals surface area contributed by atoms with Crippen LogP contribution in [0.25, 0.3) is 11.1 Å². The van der Waals surface area contributed by atoms with Crippen LogP contribution in [0.3, 0.4) is 0 Å². The zero-order valence-corrected chi connectivity index (χ0v) is 9.94. The topological polar surface area (TPSA) is 26.3 Å². The van der Waals surface area contributed by atoms with Gasteiger partial charge < -0.3 is 4.74 Å². The van der Waals surface area contributed by atoms with Gasteiger partial charge in [-0.1, -0.05) is 42.0 Å². The van der Waals surface area contributed by atoms with Gasteiger partial charge in [0.25, 0.3) is 0 Å². The summed E-state index contributed by atoms with van der Waals surface area (Å²) < 4.78 is 5.31. The van der Waals surface area contributed by atoms with E-state index in [9.17, 15) is 4.79 Å². The van der Waals surface area contributed by atoms with Crippen molar-refractivity contribution in [3.63, 3.8) is 0 Å². The van der Waals surface area contributed by atoms with Gasteiger partial charge in [0.15, 0.2) is 6.29 Å². The van der Waals surface area contributed by atoms with E-state index in [2.05, 4.69) is 0 Å². The maximum absolute atomic E-state index is 11.1. The third-order valence-corrected chi connectivity index (χ3v) is 2.75. The fourth-order valence-electron chi connectivity index (χ4n) is 1.85. The summed E-state index contributed by atoms with van der Waals surface area (Å²) >= 11 is 0. The van der Waals surface area contributed by atoms with Crippen LogP contribution in [0, 0.1) is 6.92 Å². The molecule has 0 bridgehead atoms. The number of benzene rings is 2. The Morgan fingerprint density at radius 2 is 1.76 bits per heavy atom. The summed E-state index contributed by atoms with van der Waals surface area (Å²) in [7, 11) is 1.61. The average Bonchev–Trinajstić information content (AvgIpc) is 2.38. The van der Waals surface area contributed by atoms with E-state index < -0.39 is 0 Å². The van der Waals surface area contributed by atoms with Crippen molar-refractivity contribution in [2.75, 3.05) is 7.11 Å². The van der Waals surface area contributed by atoms with E-state index in [1.165, 1.54) is 5.56 Å². The maximum atomic E-state index is 11.1. The molecule has 0 spiro atoms. The Balaban J connectivity index is 2.63. The minimum atomic E-state index is 0.646. The summed E-state index contributed by atoms with van der Waals surface area (Å²) in [5.41, 5.74) is 3.68. The molecule has 86 valence electrons. The van der Waals surface area contributed by atoms with Gasteiger partial charge in [-0.05, 0) is 18.6 Å². The number of methoxy groups -OCH3 is 1. The molecule has 0 radical (unpaired) electrons. The number of rotatable bonds is 3. The zero-order valence-electron chi connectivity index (χ0n) is 9.94. The SMILES string of the molecule is COc1cccc(C=O)c1-c1ccc(C)cc1. The van der Waals surface area contributed by atoms with Crippen molar-refractivity contribution in [3.05, 3.63) is 53.6 Å². The molecule has 2 heteroatoms. The highest BCUT2D eigenvalue weighted by Crippen LogP contribution is 2.32. The largest absolute Gasteiger partial charge is 0.496 e. The van der Waals surface area contributed by atoms with E-state index in [1.54, 1.807) is 13.2 Å². The smallest absolute Gasteiger partial charge is 0.150 e. The Morgan fingerprint density at radius 1 is 1.06 bits per heavy atom. The first-order valence-corrected chi connectivity index (χ1v) is 5.45. The molecule has 2 aromatic rings. The number of aryl methyl sites for hydroxylation is 1. The Bertz CT molecular complexity index is 527. The second-order valence-electron chi connectivity index (χ2n) is 3.91. The first kappa shape index (κ1) is 11.4. The molecule has 0 N–H and O–H groups in total. The van der Waals surface area contributed by atoms with Gasteiger partial charge >= 0.3 is 0 Å². The number of hydrogen-bond donors (Lipinski definition) is 0. The Morgan fingerprint density at radius 3 is 2.35 bits per heavy atom. The van der Waals surface area contributed by atoms with Crippen molar-refractivity contribution in [1.29, 1.82) is 0 Å². The van der Waals surface area contributed by atoms with Crippen molar-refractivity contribution in [2.45, 2.75) is 6.92 Å². The van der Waals surface area contributed by atoms with Crippen molar-refractivity contribution in [1.82, 2.24) is 0 Å². The standard InChI is InChI=1S/C15H14O2/c1-11-6-8-12(9-7-11)15-13(10-16)4-3-5-14(15)17-2/h3-10H,1-2H3. The summed E-state index contributed by atoms with van der Waals surface area (Å²) in [6.07, 6.45) is 0.859. The lowest BCUT2D eigenvalue weighted by atomic mass is 9.98. The lowest BCUT2D eigenvalue weighted by Crippen LogP contribution is -1.93. The van der Waals surface area contributed by atoms with Crippen molar-refractivity contribution in [3.8, 4) is 16.9 Å². The number of hydrogen-bond acceptors (Lipinski definition) is 2. The zero-order chi connectivity index (χ0) is 12.3. The predicted octanol–water partition coefficient (Wildman–Crippen LogP) is 3.48. The molecule has 0 aliphatic heterocycles. The van der Waals surface area contributed by atoms with Crippen molar-refractivity contribution in [2.24, 2.45) is 0 Å². The highest BCUT2D eigenvalue weighted by molar-refractivity contribution is 5.90. The van der Waals surface area contributed by atoms with Crippen LogP contribution >= 0.6 is 0 Å². The Kier molecular flexibility index (Phi) is 3.24. The molecular formula is C15H14O2. The molecule has 2 aromatic carbocycles. The van der Waals surface area contributed by atoms with Gasteiger partial charge in [-0.3, -0.25) is 4.79 Å². The molecule has 0 aliphatic carbocycles. The van der Waals surface area contributed by atoms with Crippen LogP contribution in [0.15, 0.2) is 42.5 Å². The van der Waals surface area contributed by atoms with E-state index in [0.29, 0.717) is 5.56 Å². The molecule has 2 rings (SSSR count). The lowest BCUT2D eigenvalue weighted by molar-refractivity contribution is 0.112. The normalized spacial score (nSPS) is 10.0. The lowest BCUT2D eigenvalue weighted by Gasteiger charge is -2.11. The van der Waals surface area contributed by atoms with Crippen LogP contribution < -0.4 is 4.74 Å². The van der Waals surface area contributed by atoms with E-state index in [-0.39, 0.29) is 0 Å². The highest BCUT2D eigenvalue weighted by Gasteiger charge is 2.10. The second-order valence-corrected chi connectivity index (χ2v) is 3.91. The van der Waals surface area contributed by atoms with Crippen LogP contribution in [0.1, 0.15) is 15.9 Å². The monoisotopic (exact) mass is 226 g/mol. The first-order valence-electron chi connectivity index (χ1n) is 5.45. The second kappa shape index (κ2) is 4.83. The molecule has 17 heavy (non-hydrogen) atoms. The van der Waals surface area contributed by atoms with Gasteiger partial charge in [0.2, 0.25) is 0 Å². The maximum Gasteiger partial charge on any atom is 0.150 e. The fraction of sp³-hybridized carbons (Fsp3) is 0.133. The van der Waals surface area contributed by atoms with E-state index >= 15 is 0 Å². The van der Waals surface area contributed by atoms with Gasteiger partial charge in [-0.15, -0.1) is 0 Å². The van der Waals surface area contributed by atoms with E-state index in [1.807, 2.05) is 43.3 Å². The summed E-state index contributed by atoms with van der Waals surface area (Å²) in [5, 5.41) is 0. The summed E-state index contributed by atoms with van der Waals surface area (Å²) in [6, 6.07) is 13.5. The average molecular weight is 226 g/mol. The molecule has 2 nitrogen and oxygen atoms in total. The molecule has 0 amide bonds. The Hall–Kier alpha value is -2.09. The molecular weight excluding hydrogens is 212 g/mol. The van der Waals surface area contributed by atoms with Crippen molar-refractivity contribution >= 4 is 6.29 Å². The number of carbonyl (C=O) groups excluding carboxylic acids is 1. The molecule has 0 unspecified atom stereocenters. The Labute approximate surface area is 101 Å². The van der Waals surface area contributed by atoms with Gasteiger partial charge in [0.05, 0.1) is 7.11 Å². The number of carbonyl (C=O) groups is 1. The molecule has 0 heterocycles. The van der Waals surface area contributed by atoms with E-state index in [4.69, 9.17) is 4.74 Å². The van der Waals surface area contributed by atoms with Crippen LogP contribution in [0.2, 0.25) is 0 Å². The molecule has 0 saturated heterocycles. The minimum Gasteiger partial charge on any atom is -0.496 e. The molecule has 0 fully saturated rings.